The Balaban J connectivity index is 1.84. The quantitative estimate of drug-likeness (QED) is 0.470. The molecule has 4 fully saturated rings. The van der Waals surface area contributed by atoms with Crippen LogP contribution < -0.4 is 0 Å². The van der Waals surface area contributed by atoms with E-state index in [4.69, 9.17) is 18.9 Å². The van der Waals surface area contributed by atoms with E-state index in [1.54, 1.807) is 0 Å². The Bertz CT molecular complexity index is 791. The molecule has 1 spiro atoms. The number of fused-ring (bicyclic) bond motifs is 2. The fourth-order valence-corrected chi connectivity index (χ4v) is 8.57. The Morgan fingerprint density at radius 3 is 2.19 bits per heavy atom. The molecule has 3 saturated carbocycles. The fourth-order valence-electron chi connectivity index (χ4n) is 8.57. The molecule has 0 aromatic rings. The zero-order chi connectivity index (χ0) is 23.5. The van der Waals surface area contributed by atoms with E-state index in [1.165, 1.54) is 27.4 Å². The summed E-state index contributed by atoms with van der Waals surface area (Å²) in [6, 6.07) is 0. The second-order valence-corrected chi connectivity index (χ2v) is 11.4. The van der Waals surface area contributed by atoms with Gasteiger partial charge in [-0.05, 0) is 61.2 Å². The molecule has 0 aromatic heterocycles. The van der Waals surface area contributed by atoms with Gasteiger partial charge in [-0.15, -0.1) is 0 Å². The summed E-state index contributed by atoms with van der Waals surface area (Å²) in [6.45, 7) is 9.86. The summed E-state index contributed by atoms with van der Waals surface area (Å²) in [5.41, 5.74) is -0.317. The molecule has 0 unspecified atom stereocenters. The molecule has 32 heavy (non-hydrogen) atoms. The first-order chi connectivity index (χ1) is 15.0. The van der Waals surface area contributed by atoms with Crippen molar-refractivity contribution in [2.24, 2.45) is 39.9 Å². The summed E-state index contributed by atoms with van der Waals surface area (Å²) in [6.07, 6.45) is 4.94. The Hall–Kier alpha value is -1.63. The second kappa shape index (κ2) is 8.00. The maximum Gasteiger partial charge on any atom is 0.309 e. The highest BCUT2D eigenvalue weighted by Gasteiger charge is 2.73. The third-order valence-electron chi connectivity index (χ3n) is 9.46. The van der Waals surface area contributed by atoms with Crippen molar-refractivity contribution in [2.75, 3.05) is 7.11 Å². The maximum absolute atomic E-state index is 12.9. The lowest BCUT2D eigenvalue weighted by molar-refractivity contribution is -0.245. The van der Waals surface area contributed by atoms with Crippen LogP contribution in [0.1, 0.15) is 79.6 Å². The highest BCUT2D eigenvalue weighted by Crippen LogP contribution is 2.72. The van der Waals surface area contributed by atoms with Crippen LogP contribution in [-0.4, -0.2) is 37.6 Å². The lowest BCUT2D eigenvalue weighted by Crippen LogP contribution is -2.63. The Labute approximate surface area is 190 Å². The Morgan fingerprint density at radius 1 is 0.875 bits per heavy atom. The van der Waals surface area contributed by atoms with E-state index in [0.29, 0.717) is 12.3 Å². The van der Waals surface area contributed by atoms with Crippen LogP contribution in [0.15, 0.2) is 0 Å². The lowest BCUT2D eigenvalue weighted by Gasteiger charge is -2.65. The van der Waals surface area contributed by atoms with Gasteiger partial charge in [-0.1, -0.05) is 27.2 Å². The average molecular weight is 451 g/mol. The standard InChI is InChI=1S/C25H38O7/c1-14(26)30-21-19-16(20(28)29-6)8-9-18-24(5)12-7-11-23(3,4)17(24)10-13-25(18,19)22(32-21)31-15(2)27/h16-19,21-22H,7-13H2,1-6H3/t16-,17+,18-,19+,21-,22-,24+,25+/m1/s1. The number of esters is 3. The topological polar surface area (TPSA) is 88.1 Å². The number of ether oxygens (including phenoxy) is 4. The molecular weight excluding hydrogens is 412 g/mol. The molecule has 0 N–H and O–H groups in total. The van der Waals surface area contributed by atoms with Crippen LogP contribution in [0.3, 0.4) is 0 Å². The molecular formula is C25H38O7. The largest absolute Gasteiger partial charge is 0.469 e. The molecule has 4 rings (SSSR count). The summed E-state index contributed by atoms with van der Waals surface area (Å²) in [5, 5.41) is 0. The zero-order valence-corrected chi connectivity index (χ0v) is 20.3. The van der Waals surface area contributed by atoms with Gasteiger partial charge in [-0.25, -0.2) is 0 Å². The molecule has 1 aliphatic heterocycles. The maximum atomic E-state index is 12.9. The van der Waals surface area contributed by atoms with Crippen LogP contribution in [0, 0.1) is 39.9 Å². The van der Waals surface area contributed by atoms with Gasteiger partial charge in [0.25, 0.3) is 0 Å². The van der Waals surface area contributed by atoms with E-state index in [0.717, 1.165) is 32.1 Å². The lowest BCUT2D eigenvalue weighted by atomic mass is 9.38. The molecule has 0 aromatic carbocycles. The summed E-state index contributed by atoms with van der Waals surface area (Å²) in [5.74, 6) is -1.33. The number of methoxy groups -OCH3 is 1. The smallest absolute Gasteiger partial charge is 0.309 e. The van der Waals surface area contributed by atoms with Crippen LogP contribution in [-0.2, 0) is 33.3 Å². The average Bonchev–Trinajstić information content (AvgIpc) is 2.98. The van der Waals surface area contributed by atoms with E-state index in [-0.39, 0.29) is 22.7 Å². The summed E-state index contributed by atoms with van der Waals surface area (Å²) in [4.78, 5) is 36.9. The highest BCUT2D eigenvalue weighted by molar-refractivity contribution is 5.73. The molecule has 0 bridgehead atoms. The molecule has 0 amide bonds. The molecule has 8 atom stereocenters. The van der Waals surface area contributed by atoms with Crippen LogP contribution in [0.25, 0.3) is 0 Å². The van der Waals surface area contributed by atoms with Crippen molar-refractivity contribution in [3.05, 3.63) is 0 Å². The van der Waals surface area contributed by atoms with E-state index in [2.05, 4.69) is 20.8 Å². The molecule has 7 nitrogen and oxygen atoms in total. The summed E-state index contributed by atoms with van der Waals surface area (Å²) in [7, 11) is 1.39. The van der Waals surface area contributed by atoms with Gasteiger partial charge < -0.3 is 18.9 Å². The van der Waals surface area contributed by atoms with Gasteiger partial charge in [0.1, 0.15) is 0 Å². The first kappa shape index (κ1) is 23.5. The fraction of sp³-hybridized carbons (Fsp3) is 0.880. The Morgan fingerprint density at radius 2 is 1.56 bits per heavy atom. The first-order valence-corrected chi connectivity index (χ1v) is 12.0. The monoisotopic (exact) mass is 450 g/mol. The van der Waals surface area contributed by atoms with Crippen molar-refractivity contribution in [1.29, 1.82) is 0 Å². The minimum absolute atomic E-state index is 0.0339. The van der Waals surface area contributed by atoms with Crippen molar-refractivity contribution in [3.8, 4) is 0 Å². The van der Waals surface area contributed by atoms with Gasteiger partial charge in [0.05, 0.1) is 13.0 Å². The van der Waals surface area contributed by atoms with Gasteiger partial charge in [0.15, 0.2) is 0 Å². The van der Waals surface area contributed by atoms with Crippen molar-refractivity contribution < 1.29 is 33.3 Å². The predicted octanol–water partition coefficient (Wildman–Crippen LogP) is 4.22. The van der Waals surface area contributed by atoms with Crippen LogP contribution in [0.5, 0.6) is 0 Å². The molecule has 1 saturated heterocycles. The van der Waals surface area contributed by atoms with Gasteiger partial charge in [-0.3, -0.25) is 14.4 Å². The van der Waals surface area contributed by atoms with Gasteiger partial charge in [-0.2, -0.15) is 0 Å². The number of carbonyl (C=O) groups is 3. The SMILES string of the molecule is COC(=O)[C@@H]1CC[C@@H]2[C@@]3(C)CCCC(C)(C)[C@@H]3CC[C@]23[C@H](OC(C)=O)O[C@@H](OC(C)=O)[C@H]13. The van der Waals surface area contributed by atoms with Gasteiger partial charge >= 0.3 is 17.9 Å². The number of rotatable bonds is 3. The third kappa shape index (κ3) is 3.37. The summed E-state index contributed by atoms with van der Waals surface area (Å²) < 4.78 is 22.8. The molecule has 3 aliphatic carbocycles. The molecule has 0 radical (unpaired) electrons. The number of carbonyl (C=O) groups excluding carboxylic acids is 3. The van der Waals surface area contributed by atoms with E-state index >= 15 is 0 Å². The second-order valence-electron chi connectivity index (χ2n) is 11.4. The van der Waals surface area contributed by atoms with Crippen LogP contribution >= 0.6 is 0 Å². The predicted molar refractivity (Wildman–Crippen MR) is 115 cm³/mol. The summed E-state index contributed by atoms with van der Waals surface area (Å²) >= 11 is 0. The third-order valence-corrected chi connectivity index (χ3v) is 9.46. The highest BCUT2D eigenvalue weighted by atomic mass is 16.8. The number of hydrogen-bond acceptors (Lipinski definition) is 7. The van der Waals surface area contributed by atoms with Crippen molar-refractivity contribution in [1.82, 2.24) is 0 Å². The molecule has 1 heterocycles. The van der Waals surface area contributed by atoms with Crippen molar-refractivity contribution >= 4 is 17.9 Å². The molecule has 7 heteroatoms. The van der Waals surface area contributed by atoms with Gasteiger partial charge in [0.2, 0.25) is 12.6 Å². The minimum Gasteiger partial charge on any atom is -0.469 e. The van der Waals surface area contributed by atoms with E-state index < -0.39 is 41.8 Å². The normalized spacial score (nSPS) is 44.4. The molecule has 180 valence electrons. The van der Waals surface area contributed by atoms with Gasteiger partial charge in [0, 0.05) is 25.2 Å². The van der Waals surface area contributed by atoms with E-state index in [1.807, 2.05) is 0 Å². The first-order valence-electron chi connectivity index (χ1n) is 12.0. The number of hydrogen-bond donors (Lipinski definition) is 0. The van der Waals surface area contributed by atoms with Crippen molar-refractivity contribution in [2.45, 2.75) is 92.1 Å². The van der Waals surface area contributed by atoms with E-state index in [9.17, 15) is 14.4 Å². The van der Waals surface area contributed by atoms with Crippen LogP contribution in [0.4, 0.5) is 0 Å². The van der Waals surface area contributed by atoms with Crippen molar-refractivity contribution in [3.63, 3.8) is 0 Å². The Kier molecular flexibility index (Phi) is 5.88. The zero-order valence-electron chi connectivity index (χ0n) is 20.3. The van der Waals surface area contributed by atoms with Crippen LogP contribution in [0.2, 0.25) is 0 Å². The minimum atomic E-state index is -0.930. The molecule has 4 aliphatic rings.